The lowest BCUT2D eigenvalue weighted by Gasteiger charge is -2.13. The molecule has 3 N–H and O–H groups in total. The summed E-state index contributed by atoms with van der Waals surface area (Å²) in [4.78, 5) is 11.7. The van der Waals surface area contributed by atoms with Gasteiger partial charge >= 0.3 is 0 Å². The van der Waals surface area contributed by atoms with Crippen LogP contribution in [-0.4, -0.2) is 25.7 Å². The van der Waals surface area contributed by atoms with E-state index < -0.39 is 0 Å². The molecule has 0 aliphatic heterocycles. The number of furan rings is 1. The second-order valence-corrected chi connectivity index (χ2v) is 4.31. The quantitative estimate of drug-likeness (QED) is 0.722. The molecule has 1 atom stereocenters. The first-order chi connectivity index (χ1) is 8.54. The topological polar surface area (TPSA) is 77.5 Å². The van der Waals surface area contributed by atoms with Gasteiger partial charge in [0.1, 0.15) is 11.5 Å². The van der Waals surface area contributed by atoms with E-state index in [0.717, 1.165) is 17.1 Å². The van der Waals surface area contributed by atoms with E-state index in [4.69, 9.17) is 14.9 Å². The first-order valence-electron chi connectivity index (χ1n) is 6.18. The number of carbonyl (C=O) groups is 1. The normalized spacial score (nSPS) is 12.4. The summed E-state index contributed by atoms with van der Waals surface area (Å²) in [6.45, 7) is 7.10. The molecule has 0 radical (unpaired) electrons. The Balaban J connectivity index is 2.37. The third kappa shape index (κ3) is 4.50. The smallest absolute Gasteiger partial charge is 0.222 e. The maximum atomic E-state index is 11.7. The highest BCUT2D eigenvalue weighted by Crippen LogP contribution is 2.21. The molecule has 0 spiro atoms. The van der Waals surface area contributed by atoms with Gasteiger partial charge in [0.25, 0.3) is 0 Å². The predicted octanol–water partition coefficient (Wildman–Crippen LogP) is 1.44. The van der Waals surface area contributed by atoms with Gasteiger partial charge in [0, 0.05) is 18.5 Å². The zero-order valence-corrected chi connectivity index (χ0v) is 11.3. The first kappa shape index (κ1) is 14.7. The Hall–Kier alpha value is -1.33. The minimum atomic E-state index is -0.0514. The van der Waals surface area contributed by atoms with E-state index in [0.29, 0.717) is 26.2 Å². The number of amides is 1. The summed E-state index contributed by atoms with van der Waals surface area (Å²) >= 11 is 0. The van der Waals surface area contributed by atoms with Crippen molar-refractivity contribution in [1.82, 2.24) is 5.32 Å². The Morgan fingerprint density at radius 3 is 2.78 bits per heavy atom. The van der Waals surface area contributed by atoms with Gasteiger partial charge in [-0.15, -0.1) is 0 Å². The van der Waals surface area contributed by atoms with Gasteiger partial charge < -0.3 is 20.2 Å². The molecule has 102 valence electrons. The fourth-order valence-electron chi connectivity index (χ4n) is 1.82. The Labute approximate surface area is 108 Å². The molecule has 0 aliphatic carbocycles. The lowest BCUT2D eigenvalue weighted by atomic mass is 10.1. The maximum absolute atomic E-state index is 11.7. The Bertz CT molecular complexity index is 388. The SMILES string of the molecule is Cc1cc(C(C)NC(=O)CCOCCN)c(C)o1. The predicted molar refractivity (Wildman–Crippen MR) is 69.2 cm³/mol. The van der Waals surface area contributed by atoms with Crippen LogP contribution in [0.5, 0.6) is 0 Å². The number of nitrogens with two attached hydrogens (primary N) is 1. The molecule has 1 heterocycles. The van der Waals surface area contributed by atoms with Gasteiger partial charge in [-0.2, -0.15) is 0 Å². The standard InChI is InChI=1S/C13H22N2O3/c1-9-8-12(11(3)18-9)10(2)15-13(16)4-6-17-7-5-14/h8,10H,4-7,14H2,1-3H3,(H,15,16). The van der Waals surface area contributed by atoms with Crippen molar-refractivity contribution in [2.24, 2.45) is 5.73 Å². The van der Waals surface area contributed by atoms with Gasteiger partial charge in [-0.25, -0.2) is 0 Å². The van der Waals surface area contributed by atoms with Crippen molar-refractivity contribution in [3.63, 3.8) is 0 Å². The van der Waals surface area contributed by atoms with Crippen LogP contribution < -0.4 is 11.1 Å². The monoisotopic (exact) mass is 254 g/mol. The molecular formula is C13H22N2O3. The third-order valence-electron chi connectivity index (χ3n) is 2.66. The van der Waals surface area contributed by atoms with E-state index in [-0.39, 0.29) is 11.9 Å². The summed E-state index contributed by atoms with van der Waals surface area (Å²) < 4.78 is 10.6. The maximum Gasteiger partial charge on any atom is 0.222 e. The van der Waals surface area contributed by atoms with Crippen molar-refractivity contribution in [2.75, 3.05) is 19.8 Å². The van der Waals surface area contributed by atoms with Crippen LogP contribution in [0.25, 0.3) is 0 Å². The van der Waals surface area contributed by atoms with Gasteiger partial charge in [0.15, 0.2) is 0 Å². The van der Waals surface area contributed by atoms with E-state index in [1.165, 1.54) is 0 Å². The molecule has 1 rings (SSSR count). The van der Waals surface area contributed by atoms with Crippen LogP contribution in [0.4, 0.5) is 0 Å². The molecule has 0 aliphatic rings. The highest BCUT2D eigenvalue weighted by Gasteiger charge is 2.14. The summed E-state index contributed by atoms with van der Waals surface area (Å²) in [7, 11) is 0. The van der Waals surface area contributed by atoms with Gasteiger partial charge in [0.05, 0.1) is 19.3 Å². The first-order valence-corrected chi connectivity index (χ1v) is 6.18. The number of aryl methyl sites for hydroxylation is 2. The van der Waals surface area contributed by atoms with Crippen molar-refractivity contribution in [3.05, 3.63) is 23.2 Å². The molecule has 0 saturated carbocycles. The minimum Gasteiger partial charge on any atom is -0.466 e. The van der Waals surface area contributed by atoms with Crippen molar-refractivity contribution >= 4 is 5.91 Å². The summed E-state index contributed by atoms with van der Waals surface area (Å²) in [6, 6.07) is 1.90. The van der Waals surface area contributed by atoms with Crippen LogP contribution in [0, 0.1) is 13.8 Å². The average Bonchev–Trinajstić information content (AvgIpc) is 2.64. The zero-order valence-electron chi connectivity index (χ0n) is 11.3. The molecule has 5 heteroatoms. The van der Waals surface area contributed by atoms with Crippen LogP contribution in [0.2, 0.25) is 0 Å². The van der Waals surface area contributed by atoms with E-state index in [1.54, 1.807) is 0 Å². The molecule has 0 bridgehead atoms. The molecule has 1 amide bonds. The molecular weight excluding hydrogens is 232 g/mol. The largest absolute Gasteiger partial charge is 0.466 e. The van der Waals surface area contributed by atoms with Crippen molar-refractivity contribution in [2.45, 2.75) is 33.2 Å². The summed E-state index contributed by atoms with van der Waals surface area (Å²) in [5.41, 5.74) is 6.30. The minimum absolute atomic E-state index is 0.0298. The van der Waals surface area contributed by atoms with Gasteiger partial charge in [-0.05, 0) is 26.8 Å². The lowest BCUT2D eigenvalue weighted by molar-refractivity contribution is -0.122. The number of hydrogen-bond donors (Lipinski definition) is 2. The zero-order chi connectivity index (χ0) is 13.5. The van der Waals surface area contributed by atoms with Crippen LogP contribution >= 0.6 is 0 Å². The fourth-order valence-corrected chi connectivity index (χ4v) is 1.82. The molecule has 0 saturated heterocycles. The van der Waals surface area contributed by atoms with E-state index in [9.17, 15) is 4.79 Å². The van der Waals surface area contributed by atoms with Gasteiger partial charge in [0.2, 0.25) is 5.91 Å². The van der Waals surface area contributed by atoms with E-state index in [2.05, 4.69) is 5.32 Å². The van der Waals surface area contributed by atoms with Crippen LogP contribution in [-0.2, 0) is 9.53 Å². The number of hydrogen-bond acceptors (Lipinski definition) is 4. The summed E-state index contributed by atoms with van der Waals surface area (Å²) in [5.74, 6) is 1.67. The second-order valence-electron chi connectivity index (χ2n) is 4.31. The van der Waals surface area contributed by atoms with Crippen LogP contribution in [0.3, 0.4) is 0 Å². The molecule has 5 nitrogen and oxygen atoms in total. The number of carbonyl (C=O) groups excluding carboxylic acids is 1. The molecule has 1 unspecified atom stereocenters. The van der Waals surface area contributed by atoms with Crippen molar-refractivity contribution in [1.29, 1.82) is 0 Å². The Kier molecular flexibility index (Phi) is 5.88. The second kappa shape index (κ2) is 7.18. The van der Waals surface area contributed by atoms with E-state index in [1.807, 2.05) is 26.8 Å². The number of ether oxygens (including phenoxy) is 1. The van der Waals surface area contributed by atoms with Crippen LogP contribution in [0.1, 0.15) is 36.5 Å². The van der Waals surface area contributed by atoms with E-state index >= 15 is 0 Å². The van der Waals surface area contributed by atoms with Crippen molar-refractivity contribution in [3.8, 4) is 0 Å². The average molecular weight is 254 g/mol. The van der Waals surface area contributed by atoms with Gasteiger partial charge in [-0.1, -0.05) is 0 Å². The number of rotatable bonds is 7. The Morgan fingerprint density at radius 1 is 1.50 bits per heavy atom. The summed E-state index contributed by atoms with van der Waals surface area (Å²) in [6.07, 6.45) is 0.347. The number of nitrogens with one attached hydrogen (secondary N) is 1. The van der Waals surface area contributed by atoms with Crippen LogP contribution in [0.15, 0.2) is 10.5 Å². The molecule has 0 fully saturated rings. The van der Waals surface area contributed by atoms with Gasteiger partial charge in [-0.3, -0.25) is 4.79 Å². The molecule has 1 aromatic rings. The third-order valence-corrected chi connectivity index (χ3v) is 2.66. The lowest BCUT2D eigenvalue weighted by Crippen LogP contribution is -2.27. The Morgan fingerprint density at radius 2 is 2.22 bits per heavy atom. The molecule has 0 aromatic carbocycles. The van der Waals surface area contributed by atoms with Crippen molar-refractivity contribution < 1.29 is 13.9 Å². The highest BCUT2D eigenvalue weighted by molar-refractivity contribution is 5.76. The summed E-state index contributed by atoms with van der Waals surface area (Å²) in [5, 5.41) is 2.92. The fraction of sp³-hybridized carbons (Fsp3) is 0.615. The molecule has 18 heavy (non-hydrogen) atoms. The molecule has 1 aromatic heterocycles. The highest BCUT2D eigenvalue weighted by atomic mass is 16.5.